The van der Waals surface area contributed by atoms with Crippen LogP contribution < -0.4 is 15.6 Å². The molecular formula is C27H16ClF2N5O2. The van der Waals surface area contributed by atoms with Crippen LogP contribution in [0.15, 0.2) is 77.9 Å². The third kappa shape index (κ3) is 4.58. The van der Waals surface area contributed by atoms with Crippen molar-refractivity contribution in [1.82, 2.24) is 14.5 Å². The first-order valence-electron chi connectivity index (χ1n) is 10.9. The van der Waals surface area contributed by atoms with Gasteiger partial charge in [0.2, 0.25) is 0 Å². The minimum atomic E-state index is -0.712. The zero-order chi connectivity index (χ0) is 26.1. The monoisotopic (exact) mass is 515 g/mol. The van der Waals surface area contributed by atoms with Gasteiger partial charge < -0.3 is 10.1 Å². The Kier molecular flexibility index (Phi) is 6.26. The van der Waals surface area contributed by atoms with E-state index in [4.69, 9.17) is 21.6 Å². The van der Waals surface area contributed by atoms with E-state index in [0.29, 0.717) is 22.5 Å². The molecule has 0 atom stereocenters. The van der Waals surface area contributed by atoms with Gasteiger partial charge in [0.25, 0.3) is 5.56 Å². The van der Waals surface area contributed by atoms with Gasteiger partial charge in [-0.1, -0.05) is 11.6 Å². The standard InChI is InChI=1S/C27H16ClF2N5O2/c1-15-12-16-8-10-33-26(24(16)27(36)35(15)19-5-2-17(29)3-6-19)34-18-4-7-22(20(30)13-18)37-23-9-11-32-21(14-31)25(23)28/h2-13H,1H3,(H,33,34). The average Bonchev–Trinajstić information content (AvgIpc) is 2.88. The fraction of sp³-hybridized carbons (Fsp3) is 0.0370. The summed E-state index contributed by atoms with van der Waals surface area (Å²) in [7, 11) is 0. The number of aryl methyl sites for hydroxylation is 1. The van der Waals surface area contributed by atoms with Gasteiger partial charge in [-0.25, -0.2) is 18.7 Å². The highest BCUT2D eigenvalue weighted by Crippen LogP contribution is 2.33. The molecule has 0 aliphatic rings. The minimum absolute atomic E-state index is 0.0284. The fourth-order valence-corrected chi connectivity index (χ4v) is 4.08. The highest BCUT2D eigenvalue weighted by atomic mass is 35.5. The molecule has 0 saturated carbocycles. The van der Waals surface area contributed by atoms with Crippen molar-refractivity contribution < 1.29 is 13.5 Å². The van der Waals surface area contributed by atoms with E-state index in [2.05, 4.69) is 15.3 Å². The second kappa shape index (κ2) is 9.68. The van der Waals surface area contributed by atoms with Crippen LogP contribution >= 0.6 is 11.6 Å². The van der Waals surface area contributed by atoms with E-state index in [1.54, 1.807) is 19.1 Å². The van der Waals surface area contributed by atoms with Gasteiger partial charge in [-0.2, -0.15) is 5.26 Å². The first kappa shape index (κ1) is 23.9. The Balaban J connectivity index is 1.51. The number of nitriles is 1. The number of fused-ring (bicyclic) bond motifs is 1. The molecule has 0 unspecified atom stereocenters. The van der Waals surface area contributed by atoms with E-state index >= 15 is 0 Å². The Labute approximate surface area is 214 Å². The molecule has 3 heterocycles. The molecule has 1 N–H and O–H groups in total. The number of anilines is 2. The van der Waals surface area contributed by atoms with Crippen molar-refractivity contribution >= 4 is 33.9 Å². The number of rotatable bonds is 5. The Morgan fingerprint density at radius 1 is 1.00 bits per heavy atom. The predicted octanol–water partition coefficient (Wildman–Crippen LogP) is 6.43. The molecule has 5 rings (SSSR count). The number of nitrogens with one attached hydrogen (secondary N) is 1. The van der Waals surface area contributed by atoms with Crippen molar-refractivity contribution in [2.45, 2.75) is 6.92 Å². The summed E-state index contributed by atoms with van der Waals surface area (Å²) in [4.78, 5) is 21.6. The Bertz CT molecular complexity index is 1760. The average molecular weight is 516 g/mol. The van der Waals surface area contributed by atoms with Crippen LogP contribution in [0.3, 0.4) is 0 Å². The number of ether oxygens (including phenoxy) is 1. The fourth-order valence-electron chi connectivity index (χ4n) is 3.89. The normalized spacial score (nSPS) is 10.8. The zero-order valence-electron chi connectivity index (χ0n) is 19.2. The minimum Gasteiger partial charge on any atom is -0.453 e. The van der Waals surface area contributed by atoms with Crippen molar-refractivity contribution in [1.29, 1.82) is 5.26 Å². The van der Waals surface area contributed by atoms with E-state index in [0.717, 1.165) is 0 Å². The third-order valence-corrected chi connectivity index (χ3v) is 5.94. The Hall–Kier alpha value is -4.81. The molecule has 0 spiro atoms. The maximum atomic E-state index is 14.9. The van der Waals surface area contributed by atoms with Gasteiger partial charge in [-0.15, -0.1) is 0 Å². The van der Waals surface area contributed by atoms with Gasteiger partial charge in [0.05, 0.1) is 5.39 Å². The van der Waals surface area contributed by atoms with Crippen LogP contribution in [0.25, 0.3) is 16.5 Å². The van der Waals surface area contributed by atoms with E-state index < -0.39 is 11.6 Å². The number of hydrogen-bond donors (Lipinski definition) is 1. The van der Waals surface area contributed by atoms with Gasteiger partial charge in [0, 0.05) is 41.6 Å². The molecular weight excluding hydrogens is 500 g/mol. The van der Waals surface area contributed by atoms with Crippen molar-refractivity contribution in [3.8, 4) is 23.3 Å². The maximum Gasteiger partial charge on any atom is 0.266 e. The summed E-state index contributed by atoms with van der Waals surface area (Å²) in [5.74, 6) is -0.938. The summed E-state index contributed by atoms with van der Waals surface area (Å²) in [5.41, 5.74) is 1.07. The summed E-state index contributed by atoms with van der Waals surface area (Å²) in [5, 5.41) is 13.0. The Morgan fingerprint density at radius 2 is 1.76 bits per heavy atom. The lowest BCUT2D eigenvalue weighted by atomic mass is 10.1. The second-order valence-electron chi connectivity index (χ2n) is 7.98. The molecule has 0 aliphatic heterocycles. The van der Waals surface area contributed by atoms with E-state index in [1.807, 2.05) is 12.1 Å². The van der Waals surface area contributed by atoms with Gasteiger partial charge in [-0.3, -0.25) is 9.36 Å². The second-order valence-corrected chi connectivity index (χ2v) is 8.36. The molecule has 0 fully saturated rings. The molecule has 37 heavy (non-hydrogen) atoms. The van der Waals surface area contributed by atoms with Crippen molar-refractivity contribution in [2.24, 2.45) is 0 Å². The SMILES string of the molecule is Cc1cc2ccnc(Nc3ccc(Oc4ccnc(C#N)c4Cl)c(F)c3)c2c(=O)n1-c1ccc(F)cc1. The topological polar surface area (TPSA) is 92.8 Å². The summed E-state index contributed by atoms with van der Waals surface area (Å²) in [6.45, 7) is 1.78. The quantitative estimate of drug-likeness (QED) is 0.290. The first-order chi connectivity index (χ1) is 17.9. The highest BCUT2D eigenvalue weighted by Gasteiger charge is 2.16. The molecule has 10 heteroatoms. The largest absolute Gasteiger partial charge is 0.453 e. The van der Waals surface area contributed by atoms with Gasteiger partial charge in [0.1, 0.15) is 22.7 Å². The first-order valence-corrected chi connectivity index (χ1v) is 11.3. The number of benzene rings is 2. The number of halogens is 3. The molecule has 0 bridgehead atoms. The van der Waals surface area contributed by atoms with Gasteiger partial charge in [-0.05, 0) is 60.8 Å². The predicted molar refractivity (Wildman–Crippen MR) is 136 cm³/mol. The lowest BCUT2D eigenvalue weighted by Gasteiger charge is -2.15. The summed E-state index contributed by atoms with van der Waals surface area (Å²) in [6.07, 6.45) is 2.87. The molecule has 0 aliphatic carbocycles. The molecule has 0 amide bonds. The molecule has 5 aromatic rings. The van der Waals surface area contributed by atoms with Crippen LogP contribution in [0, 0.1) is 29.9 Å². The number of nitrogens with zero attached hydrogens (tertiary/aromatic N) is 4. The summed E-state index contributed by atoms with van der Waals surface area (Å²) in [6, 6.07) is 16.5. The van der Waals surface area contributed by atoms with Crippen LogP contribution in [-0.2, 0) is 0 Å². The lowest BCUT2D eigenvalue weighted by molar-refractivity contribution is 0.442. The van der Waals surface area contributed by atoms with Gasteiger partial charge >= 0.3 is 0 Å². The van der Waals surface area contributed by atoms with Crippen LogP contribution in [0.2, 0.25) is 5.02 Å². The third-order valence-electron chi connectivity index (χ3n) is 5.58. The van der Waals surface area contributed by atoms with Crippen LogP contribution in [0.5, 0.6) is 11.5 Å². The Morgan fingerprint density at radius 3 is 2.49 bits per heavy atom. The maximum absolute atomic E-state index is 14.9. The van der Waals surface area contributed by atoms with Crippen LogP contribution in [0.1, 0.15) is 11.4 Å². The van der Waals surface area contributed by atoms with Crippen molar-refractivity contribution in [3.63, 3.8) is 0 Å². The van der Waals surface area contributed by atoms with E-state index in [9.17, 15) is 13.6 Å². The van der Waals surface area contributed by atoms with E-state index in [1.165, 1.54) is 59.4 Å². The summed E-state index contributed by atoms with van der Waals surface area (Å²) >= 11 is 6.09. The van der Waals surface area contributed by atoms with Crippen LogP contribution in [0.4, 0.5) is 20.3 Å². The highest BCUT2D eigenvalue weighted by molar-refractivity contribution is 6.33. The molecule has 182 valence electrons. The smallest absolute Gasteiger partial charge is 0.266 e. The number of hydrogen-bond acceptors (Lipinski definition) is 6. The van der Waals surface area contributed by atoms with Crippen LogP contribution in [-0.4, -0.2) is 14.5 Å². The molecule has 0 saturated heterocycles. The number of pyridine rings is 3. The molecule has 3 aromatic heterocycles. The van der Waals surface area contributed by atoms with Crippen molar-refractivity contribution in [3.05, 3.63) is 111 Å². The molecule has 7 nitrogen and oxygen atoms in total. The van der Waals surface area contributed by atoms with Crippen molar-refractivity contribution in [2.75, 3.05) is 5.32 Å². The number of aromatic nitrogens is 3. The lowest BCUT2D eigenvalue weighted by Crippen LogP contribution is -2.21. The molecule has 0 radical (unpaired) electrons. The molecule has 2 aromatic carbocycles. The van der Waals surface area contributed by atoms with E-state index in [-0.39, 0.29) is 39.0 Å². The summed E-state index contributed by atoms with van der Waals surface area (Å²) < 4.78 is 35.3. The zero-order valence-corrected chi connectivity index (χ0v) is 19.9. The van der Waals surface area contributed by atoms with Gasteiger partial charge in [0.15, 0.2) is 23.0 Å².